The van der Waals surface area contributed by atoms with Gasteiger partial charge in [0, 0.05) is 0 Å². The summed E-state index contributed by atoms with van der Waals surface area (Å²) in [6, 6.07) is 6.45. The Morgan fingerprint density at radius 3 is 2.33 bits per heavy atom. The molecule has 0 heterocycles. The standard InChI is InChI=1S/C10H13O4S/c1-9-3-5-10(6-4-9)15(11,12)14-8-7-13-2/h3-6H,2,7-8H2,1H3. The molecule has 5 heteroatoms. The van der Waals surface area contributed by atoms with Gasteiger partial charge in [0.1, 0.15) is 0 Å². The maximum Gasteiger partial charge on any atom is 0.297 e. The van der Waals surface area contributed by atoms with Crippen LogP contribution in [0.15, 0.2) is 29.2 Å². The first-order chi connectivity index (χ1) is 7.06. The molecule has 0 aromatic heterocycles. The lowest BCUT2D eigenvalue weighted by Gasteiger charge is -2.04. The van der Waals surface area contributed by atoms with Gasteiger partial charge in [0.2, 0.25) is 0 Å². The van der Waals surface area contributed by atoms with Crippen molar-refractivity contribution >= 4 is 10.1 Å². The van der Waals surface area contributed by atoms with Gasteiger partial charge in [0.15, 0.2) is 0 Å². The Kier molecular flexibility index (Phi) is 4.26. The van der Waals surface area contributed by atoms with Crippen molar-refractivity contribution in [1.82, 2.24) is 0 Å². The van der Waals surface area contributed by atoms with E-state index in [2.05, 4.69) is 11.8 Å². The quantitative estimate of drug-likeness (QED) is 0.567. The maximum atomic E-state index is 11.5. The van der Waals surface area contributed by atoms with Crippen LogP contribution in [0.2, 0.25) is 0 Å². The van der Waals surface area contributed by atoms with E-state index in [4.69, 9.17) is 4.18 Å². The van der Waals surface area contributed by atoms with Gasteiger partial charge in [0.25, 0.3) is 10.1 Å². The number of ether oxygens (including phenoxy) is 1. The molecular formula is C10H13O4S. The maximum absolute atomic E-state index is 11.5. The van der Waals surface area contributed by atoms with Crippen molar-refractivity contribution in [2.24, 2.45) is 0 Å². The Morgan fingerprint density at radius 1 is 1.20 bits per heavy atom. The van der Waals surface area contributed by atoms with Crippen LogP contribution >= 0.6 is 0 Å². The van der Waals surface area contributed by atoms with Crippen molar-refractivity contribution in [2.75, 3.05) is 13.2 Å². The molecule has 4 nitrogen and oxygen atoms in total. The highest BCUT2D eigenvalue weighted by Gasteiger charge is 2.13. The van der Waals surface area contributed by atoms with Gasteiger partial charge in [-0.3, -0.25) is 4.18 Å². The second-order valence-corrected chi connectivity index (χ2v) is 4.61. The fraction of sp³-hybridized carbons (Fsp3) is 0.300. The summed E-state index contributed by atoms with van der Waals surface area (Å²) in [4.78, 5) is 0.150. The molecule has 83 valence electrons. The molecule has 0 saturated heterocycles. The summed E-state index contributed by atoms with van der Waals surface area (Å²) in [5, 5.41) is 0. The minimum absolute atomic E-state index is 0.0281. The van der Waals surface area contributed by atoms with E-state index in [1.165, 1.54) is 12.1 Å². The van der Waals surface area contributed by atoms with Gasteiger partial charge >= 0.3 is 0 Å². The third-order valence-corrected chi connectivity index (χ3v) is 3.10. The normalized spacial score (nSPS) is 11.6. The Bertz CT molecular complexity index is 394. The third kappa shape index (κ3) is 3.62. The average molecular weight is 229 g/mol. The molecule has 0 atom stereocenters. The van der Waals surface area contributed by atoms with E-state index in [1.54, 1.807) is 12.1 Å². The number of hydrogen-bond donors (Lipinski definition) is 0. The fourth-order valence-corrected chi connectivity index (χ4v) is 1.87. The number of aryl methyl sites for hydroxylation is 1. The molecule has 1 aromatic carbocycles. The summed E-state index contributed by atoms with van der Waals surface area (Å²) in [6.45, 7) is 2.00. The monoisotopic (exact) mass is 229 g/mol. The van der Waals surface area contributed by atoms with Gasteiger partial charge in [-0.15, -0.1) is 0 Å². The van der Waals surface area contributed by atoms with E-state index in [1.807, 2.05) is 6.92 Å². The van der Waals surface area contributed by atoms with Crippen LogP contribution in [0.25, 0.3) is 0 Å². The lowest BCUT2D eigenvalue weighted by atomic mass is 10.2. The fourth-order valence-electron chi connectivity index (χ4n) is 0.976. The second kappa shape index (κ2) is 5.25. The van der Waals surface area contributed by atoms with Crippen molar-refractivity contribution in [3.8, 4) is 0 Å². The highest BCUT2D eigenvalue weighted by Crippen LogP contribution is 2.12. The van der Waals surface area contributed by atoms with Gasteiger partial charge in [-0.25, -0.2) is 0 Å². The SMILES string of the molecule is [CH2]OCCOS(=O)(=O)c1ccc(C)cc1. The summed E-state index contributed by atoms with van der Waals surface area (Å²) >= 11 is 0. The van der Waals surface area contributed by atoms with Crippen LogP contribution in [-0.4, -0.2) is 21.6 Å². The first-order valence-corrected chi connectivity index (χ1v) is 5.80. The zero-order chi connectivity index (χ0) is 11.3. The van der Waals surface area contributed by atoms with Crippen molar-refractivity contribution in [1.29, 1.82) is 0 Å². The lowest BCUT2D eigenvalue weighted by Crippen LogP contribution is -2.10. The largest absolute Gasteiger partial charge is 0.377 e. The molecule has 0 unspecified atom stereocenters. The van der Waals surface area contributed by atoms with E-state index < -0.39 is 10.1 Å². The van der Waals surface area contributed by atoms with Crippen LogP contribution in [0.3, 0.4) is 0 Å². The van der Waals surface area contributed by atoms with Gasteiger partial charge in [-0.1, -0.05) is 17.7 Å². The first kappa shape index (κ1) is 12.2. The van der Waals surface area contributed by atoms with E-state index in [9.17, 15) is 8.42 Å². The van der Waals surface area contributed by atoms with Gasteiger partial charge < -0.3 is 4.74 Å². The molecule has 1 aromatic rings. The molecule has 0 saturated carbocycles. The molecule has 0 N–H and O–H groups in total. The predicted molar refractivity (Wildman–Crippen MR) is 55.6 cm³/mol. The number of rotatable bonds is 5. The molecule has 0 aliphatic rings. The molecule has 0 aliphatic heterocycles. The van der Waals surface area contributed by atoms with E-state index in [-0.39, 0.29) is 18.1 Å². The Balaban J connectivity index is 2.73. The average Bonchev–Trinajstić information content (AvgIpc) is 2.18. The summed E-state index contributed by atoms with van der Waals surface area (Å²) in [5.41, 5.74) is 0.995. The first-order valence-electron chi connectivity index (χ1n) is 4.39. The van der Waals surface area contributed by atoms with Crippen LogP contribution in [0.1, 0.15) is 5.56 Å². The minimum atomic E-state index is -3.66. The van der Waals surface area contributed by atoms with Crippen molar-refractivity contribution in [2.45, 2.75) is 11.8 Å². The molecule has 1 rings (SSSR count). The zero-order valence-electron chi connectivity index (χ0n) is 8.47. The summed E-state index contributed by atoms with van der Waals surface area (Å²) in [6.07, 6.45) is 0. The predicted octanol–water partition coefficient (Wildman–Crippen LogP) is 1.51. The van der Waals surface area contributed by atoms with Crippen LogP contribution in [0, 0.1) is 14.0 Å². The van der Waals surface area contributed by atoms with Crippen LogP contribution in [0.5, 0.6) is 0 Å². The second-order valence-electron chi connectivity index (χ2n) is 3.00. The Labute approximate surface area is 90.0 Å². The van der Waals surface area contributed by atoms with Gasteiger partial charge in [-0.05, 0) is 19.1 Å². The molecule has 1 radical (unpaired) electrons. The van der Waals surface area contributed by atoms with Crippen LogP contribution in [-0.2, 0) is 19.0 Å². The smallest absolute Gasteiger partial charge is 0.297 e. The van der Waals surface area contributed by atoms with E-state index in [0.717, 1.165) is 5.56 Å². The molecule has 0 aliphatic carbocycles. The summed E-state index contributed by atoms with van der Waals surface area (Å²) < 4.78 is 32.2. The van der Waals surface area contributed by atoms with Crippen LogP contribution < -0.4 is 0 Å². The highest BCUT2D eigenvalue weighted by molar-refractivity contribution is 7.86. The summed E-state index contributed by atoms with van der Waals surface area (Å²) in [7, 11) is -0.542. The molecule has 0 amide bonds. The van der Waals surface area contributed by atoms with Crippen molar-refractivity contribution in [3.63, 3.8) is 0 Å². The van der Waals surface area contributed by atoms with Crippen molar-refractivity contribution < 1.29 is 17.3 Å². The van der Waals surface area contributed by atoms with E-state index >= 15 is 0 Å². The highest BCUT2D eigenvalue weighted by atomic mass is 32.2. The molecule has 0 bridgehead atoms. The number of benzene rings is 1. The Hall–Kier alpha value is -0.910. The number of hydrogen-bond acceptors (Lipinski definition) is 4. The third-order valence-electron chi connectivity index (χ3n) is 1.78. The van der Waals surface area contributed by atoms with Gasteiger partial charge in [0.05, 0.1) is 25.2 Å². The molecular weight excluding hydrogens is 216 g/mol. The molecule has 15 heavy (non-hydrogen) atoms. The Morgan fingerprint density at radius 2 is 1.80 bits per heavy atom. The topological polar surface area (TPSA) is 52.6 Å². The van der Waals surface area contributed by atoms with E-state index in [0.29, 0.717) is 0 Å². The summed E-state index contributed by atoms with van der Waals surface area (Å²) in [5.74, 6) is 0. The molecule has 0 fully saturated rings. The van der Waals surface area contributed by atoms with Gasteiger partial charge in [-0.2, -0.15) is 8.42 Å². The van der Waals surface area contributed by atoms with Crippen LogP contribution in [0.4, 0.5) is 0 Å². The van der Waals surface area contributed by atoms with Crippen molar-refractivity contribution in [3.05, 3.63) is 36.9 Å². The lowest BCUT2D eigenvalue weighted by molar-refractivity contribution is 0.178. The minimum Gasteiger partial charge on any atom is -0.377 e. The zero-order valence-corrected chi connectivity index (χ0v) is 9.29. The molecule has 0 spiro atoms.